The summed E-state index contributed by atoms with van der Waals surface area (Å²) < 4.78 is 0. The van der Waals surface area contributed by atoms with Crippen molar-refractivity contribution < 1.29 is 14.7 Å². The Labute approximate surface area is 96.4 Å². The number of amides is 1. The lowest BCUT2D eigenvalue weighted by Crippen LogP contribution is -2.48. The molecule has 0 spiro atoms. The van der Waals surface area contributed by atoms with Crippen LogP contribution in [0, 0.1) is 11.8 Å². The fourth-order valence-corrected chi connectivity index (χ4v) is 1.29. The van der Waals surface area contributed by atoms with Crippen molar-refractivity contribution in [3.8, 4) is 0 Å². The van der Waals surface area contributed by atoms with Crippen molar-refractivity contribution in [1.82, 2.24) is 5.32 Å². The summed E-state index contributed by atoms with van der Waals surface area (Å²) in [6.45, 7) is 7.19. The van der Waals surface area contributed by atoms with Crippen LogP contribution in [0.25, 0.3) is 0 Å². The third-order valence-electron chi connectivity index (χ3n) is 2.57. The molecule has 0 aliphatic heterocycles. The highest BCUT2D eigenvalue weighted by molar-refractivity contribution is 5.82. The van der Waals surface area contributed by atoms with E-state index in [-0.39, 0.29) is 5.91 Å². The van der Waals surface area contributed by atoms with Crippen molar-refractivity contribution >= 4 is 11.9 Å². The van der Waals surface area contributed by atoms with Crippen molar-refractivity contribution in [3.05, 3.63) is 0 Å². The van der Waals surface area contributed by atoms with Crippen LogP contribution >= 0.6 is 0 Å². The van der Waals surface area contributed by atoms with Crippen molar-refractivity contribution in [2.45, 2.75) is 46.2 Å². The number of nitrogens with two attached hydrogens (primary N) is 1. The van der Waals surface area contributed by atoms with Gasteiger partial charge in [-0.2, -0.15) is 0 Å². The first-order valence-electron chi connectivity index (χ1n) is 5.54. The van der Waals surface area contributed by atoms with Crippen LogP contribution in [0.15, 0.2) is 0 Å². The third-order valence-corrected chi connectivity index (χ3v) is 2.57. The van der Waals surface area contributed by atoms with E-state index in [1.54, 1.807) is 13.8 Å². The maximum Gasteiger partial charge on any atom is 0.308 e. The molecule has 0 aliphatic rings. The topological polar surface area (TPSA) is 92.4 Å². The van der Waals surface area contributed by atoms with Gasteiger partial charge < -0.3 is 16.2 Å². The second-order valence-corrected chi connectivity index (χ2v) is 4.66. The van der Waals surface area contributed by atoms with Crippen LogP contribution in [-0.2, 0) is 9.59 Å². The minimum atomic E-state index is -0.926. The quantitative estimate of drug-likeness (QED) is 0.622. The SMILES string of the molecule is CC(C)C[C@H](N)C(=O)NC(C)C(C)C(=O)O. The number of hydrogen-bond acceptors (Lipinski definition) is 3. The zero-order valence-electron chi connectivity index (χ0n) is 10.4. The lowest BCUT2D eigenvalue weighted by Gasteiger charge is -2.21. The van der Waals surface area contributed by atoms with Gasteiger partial charge in [-0.3, -0.25) is 9.59 Å². The van der Waals surface area contributed by atoms with E-state index in [4.69, 9.17) is 10.8 Å². The van der Waals surface area contributed by atoms with Gasteiger partial charge in [-0.05, 0) is 26.2 Å². The Balaban J connectivity index is 4.18. The molecule has 0 saturated carbocycles. The molecule has 3 atom stereocenters. The molecule has 0 aliphatic carbocycles. The Hall–Kier alpha value is -1.10. The van der Waals surface area contributed by atoms with Crippen molar-refractivity contribution in [1.29, 1.82) is 0 Å². The van der Waals surface area contributed by atoms with Crippen LogP contribution in [0.2, 0.25) is 0 Å². The fourth-order valence-electron chi connectivity index (χ4n) is 1.29. The molecule has 2 unspecified atom stereocenters. The molecule has 16 heavy (non-hydrogen) atoms. The van der Waals surface area contributed by atoms with E-state index in [0.29, 0.717) is 12.3 Å². The molecule has 1 amide bonds. The van der Waals surface area contributed by atoms with Gasteiger partial charge in [0.1, 0.15) is 0 Å². The molecule has 0 radical (unpaired) electrons. The van der Waals surface area contributed by atoms with E-state index in [9.17, 15) is 9.59 Å². The molecule has 0 heterocycles. The highest BCUT2D eigenvalue weighted by atomic mass is 16.4. The van der Waals surface area contributed by atoms with Crippen LogP contribution in [0.5, 0.6) is 0 Å². The molecule has 0 saturated heterocycles. The first-order valence-corrected chi connectivity index (χ1v) is 5.54. The molecule has 0 aromatic rings. The van der Waals surface area contributed by atoms with Crippen LogP contribution in [-0.4, -0.2) is 29.1 Å². The van der Waals surface area contributed by atoms with Crippen LogP contribution in [0.1, 0.15) is 34.1 Å². The smallest absolute Gasteiger partial charge is 0.308 e. The van der Waals surface area contributed by atoms with E-state index in [1.807, 2.05) is 13.8 Å². The van der Waals surface area contributed by atoms with E-state index >= 15 is 0 Å². The number of carboxylic acids is 1. The van der Waals surface area contributed by atoms with E-state index in [2.05, 4.69) is 5.32 Å². The summed E-state index contributed by atoms with van der Waals surface area (Å²) in [6.07, 6.45) is 0.597. The molecule has 5 heteroatoms. The monoisotopic (exact) mass is 230 g/mol. The summed E-state index contributed by atoms with van der Waals surface area (Å²) in [4.78, 5) is 22.3. The van der Waals surface area contributed by atoms with Crippen LogP contribution < -0.4 is 11.1 Å². The number of hydrogen-bond donors (Lipinski definition) is 3. The van der Waals surface area contributed by atoms with Gasteiger partial charge in [-0.15, -0.1) is 0 Å². The van der Waals surface area contributed by atoms with Crippen LogP contribution in [0.4, 0.5) is 0 Å². The van der Waals surface area contributed by atoms with E-state index in [1.165, 1.54) is 0 Å². The highest BCUT2D eigenvalue weighted by Crippen LogP contribution is 2.05. The molecular formula is C11H22N2O3. The minimum Gasteiger partial charge on any atom is -0.481 e. The minimum absolute atomic E-state index is 0.283. The van der Waals surface area contributed by atoms with Crippen molar-refractivity contribution in [2.24, 2.45) is 17.6 Å². The molecule has 0 rings (SSSR count). The average molecular weight is 230 g/mol. The highest BCUT2D eigenvalue weighted by Gasteiger charge is 2.23. The maximum atomic E-state index is 11.6. The van der Waals surface area contributed by atoms with Gasteiger partial charge in [-0.25, -0.2) is 0 Å². The number of carboxylic acid groups (broad SMARTS) is 1. The number of carbonyl (C=O) groups excluding carboxylic acids is 1. The van der Waals surface area contributed by atoms with Gasteiger partial charge in [0, 0.05) is 6.04 Å². The summed E-state index contributed by atoms with van der Waals surface area (Å²) in [7, 11) is 0. The van der Waals surface area contributed by atoms with Gasteiger partial charge >= 0.3 is 5.97 Å². The molecule has 0 fully saturated rings. The van der Waals surface area contributed by atoms with Crippen molar-refractivity contribution in [2.75, 3.05) is 0 Å². The third kappa shape index (κ3) is 5.11. The molecular weight excluding hydrogens is 208 g/mol. The zero-order valence-corrected chi connectivity index (χ0v) is 10.4. The lowest BCUT2D eigenvalue weighted by molar-refractivity contribution is -0.142. The van der Waals surface area contributed by atoms with Gasteiger partial charge in [-0.1, -0.05) is 13.8 Å². The second kappa shape index (κ2) is 6.48. The van der Waals surface area contributed by atoms with Gasteiger partial charge in [0.15, 0.2) is 0 Å². The molecule has 0 aromatic heterocycles. The summed E-state index contributed by atoms with van der Waals surface area (Å²) in [6, 6.07) is -0.980. The standard InChI is InChI=1S/C11H22N2O3/c1-6(2)5-9(12)10(14)13-8(4)7(3)11(15)16/h6-9H,5,12H2,1-4H3,(H,13,14)(H,15,16)/t7?,8?,9-/m0/s1. The molecule has 4 N–H and O–H groups in total. The summed E-state index contributed by atoms with van der Waals surface area (Å²) in [5.74, 6) is -1.48. The molecule has 94 valence electrons. The largest absolute Gasteiger partial charge is 0.481 e. The number of carbonyl (C=O) groups is 2. The maximum absolute atomic E-state index is 11.6. The first kappa shape index (κ1) is 14.9. The normalized spacial score (nSPS) is 16.6. The Bertz CT molecular complexity index is 254. The summed E-state index contributed by atoms with van der Waals surface area (Å²) in [5, 5.41) is 11.4. The lowest BCUT2D eigenvalue weighted by atomic mass is 10.0. The second-order valence-electron chi connectivity index (χ2n) is 4.66. The Kier molecular flexibility index (Phi) is 6.03. The number of nitrogens with one attached hydrogen (secondary N) is 1. The Morgan fingerprint density at radius 2 is 1.75 bits per heavy atom. The van der Waals surface area contributed by atoms with Crippen molar-refractivity contribution in [3.63, 3.8) is 0 Å². The molecule has 0 bridgehead atoms. The Morgan fingerprint density at radius 3 is 2.12 bits per heavy atom. The Morgan fingerprint density at radius 1 is 1.25 bits per heavy atom. The van der Waals surface area contributed by atoms with Gasteiger partial charge in [0.25, 0.3) is 0 Å². The number of aliphatic carboxylic acids is 1. The fraction of sp³-hybridized carbons (Fsp3) is 0.818. The van der Waals surface area contributed by atoms with E-state index < -0.39 is 24.0 Å². The number of rotatable bonds is 6. The van der Waals surface area contributed by atoms with Crippen LogP contribution in [0.3, 0.4) is 0 Å². The average Bonchev–Trinajstić information content (AvgIpc) is 2.14. The summed E-state index contributed by atoms with van der Waals surface area (Å²) in [5.41, 5.74) is 5.68. The van der Waals surface area contributed by atoms with E-state index in [0.717, 1.165) is 0 Å². The molecule has 0 aromatic carbocycles. The molecule has 5 nitrogen and oxygen atoms in total. The summed E-state index contributed by atoms with van der Waals surface area (Å²) >= 11 is 0. The van der Waals surface area contributed by atoms with Gasteiger partial charge in [0.2, 0.25) is 5.91 Å². The zero-order chi connectivity index (χ0) is 12.9. The predicted molar refractivity (Wildman–Crippen MR) is 61.8 cm³/mol. The first-order chi connectivity index (χ1) is 7.25. The predicted octanol–water partition coefficient (Wildman–Crippen LogP) is 0.585. The van der Waals surface area contributed by atoms with Gasteiger partial charge in [0.05, 0.1) is 12.0 Å².